The number of ether oxygens (including phenoxy) is 3. The molecular formula is C18H26ClNO3. The van der Waals surface area contributed by atoms with Crippen molar-refractivity contribution in [3.8, 4) is 5.75 Å². The zero-order chi connectivity index (χ0) is 16.1. The van der Waals surface area contributed by atoms with Crippen LogP contribution in [0, 0.1) is 0 Å². The van der Waals surface area contributed by atoms with Gasteiger partial charge in [-0.3, -0.25) is 4.90 Å². The standard InChI is InChI=1S/C18H26ClNO3/c1-21-17-2-3-18(19)14(12-17)13-20-8-4-15(5-9-20)23-16-6-10-22-11-7-16/h2-3,12,15-16H,4-11,13H2,1H3. The smallest absolute Gasteiger partial charge is 0.119 e. The summed E-state index contributed by atoms with van der Waals surface area (Å²) in [4.78, 5) is 2.45. The molecule has 2 aliphatic heterocycles. The van der Waals surface area contributed by atoms with E-state index in [1.165, 1.54) is 0 Å². The average Bonchev–Trinajstić information content (AvgIpc) is 2.59. The number of nitrogens with zero attached hydrogens (tertiary/aromatic N) is 1. The van der Waals surface area contributed by atoms with Gasteiger partial charge in [-0.05, 0) is 49.4 Å². The van der Waals surface area contributed by atoms with Crippen LogP contribution in [0.2, 0.25) is 5.02 Å². The van der Waals surface area contributed by atoms with Gasteiger partial charge in [0, 0.05) is 37.9 Å². The van der Waals surface area contributed by atoms with E-state index in [0.29, 0.717) is 12.2 Å². The van der Waals surface area contributed by atoms with E-state index in [1.54, 1.807) is 7.11 Å². The van der Waals surface area contributed by atoms with Gasteiger partial charge < -0.3 is 14.2 Å². The third kappa shape index (κ3) is 4.83. The first-order chi connectivity index (χ1) is 11.2. The lowest BCUT2D eigenvalue weighted by molar-refractivity contribution is -0.0851. The molecule has 2 aliphatic rings. The summed E-state index contributed by atoms with van der Waals surface area (Å²) in [5, 5.41) is 0.811. The lowest BCUT2D eigenvalue weighted by Crippen LogP contribution is -2.39. The van der Waals surface area contributed by atoms with Crippen molar-refractivity contribution in [1.82, 2.24) is 4.90 Å². The van der Waals surface area contributed by atoms with Crippen molar-refractivity contribution in [2.24, 2.45) is 0 Å². The van der Waals surface area contributed by atoms with Crippen LogP contribution in [0.1, 0.15) is 31.2 Å². The molecule has 0 aromatic heterocycles. The lowest BCUT2D eigenvalue weighted by atomic mass is 10.1. The Hall–Kier alpha value is -0.810. The molecular weight excluding hydrogens is 314 g/mol. The molecule has 2 heterocycles. The van der Waals surface area contributed by atoms with E-state index in [4.69, 9.17) is 25.8 Å². The monoisotopic (exact) mass is 339 g/mol. The average molecular weight is 340 g/mol. The number of halogens is 1. The van der Waals surface area contributed by atoms with Gasteiger partial charge in [-0.2, -0.15) is 0 Å². The summed E-state index contributed by atoms with van der Waals surface area (Å²) in [5.74, 6) is 0.863. The molecule has 23 heavy (non-hydrogen) atoms. The van der Waals surface area contributed by atoms with Gasteiger partial charge in [0.2, 0.25) is 0 Å². The zero-order valence-corrected chi connectivity index (χ0v) is 14.6. The molecule has 5 heteroatoms. The summed E-state index contributed by atoms with van der Waals surface area (Å²) in [6.07, 6.45) is 5.07. The van der Waals surface area contributed by atoms with E-state index in [9.17, 15) is 0 Å². The molecule has 4 nitrogen and oxygen atoms in total. The van der Waals surface area contributed by atoms with Crippen molar-refractivity contribution in [2.75, 3.05) is 33.4 Å². The third-order valence-electron chi connectivity index (χ3n) is 4.73. The summed E-state index contributed by atoms with van der Waals surface area (Å²) in [6, 6.07) is 5.85. The fourth-order valence-corrected chi connectivity index (χ4v) is 3.51. The second-order valence-corrected chi connectivity index (χ2v) is 6.79. The van der Waals surface area contributed by atoms with Crippen LogP contribution >= 0.6 is 11.6 Å². The van der Waals surface area contributed by atoms with Crippen LogP contribution in [0.5, 0.6) is 5.75 Å². The summed E-state index contributed by atoms with van der Waals surface area (Å²) in [6.45, 7) is 4.68. The van der Waals surface area contributed by atoms with Crippen molar-refractivity contribution in [3.63, 3.8) is 0 Å². The molecule has 0 radical (unpaired) electrons. The molecule has 128 valence electrons. The van der Waals surface area contributed by atoms with E-state index < -0.39 is 0 Å². The van der Waals surface area contributed by atoms with E-state index in [2.05, 4.69) is 4.90 Å². The van der Waals surface area contributed by atoms with Gasteiger partial charge in [0.15, 0.2) is 0 Å². The highest BCUT2D eigenvalue weighted by atomic mass is 35.5. The Kier molecular flexibility index (Phi) is 6.17. The van der Waals surface area contributed by atoms with Gasteiger partial charge in [-0.25, -0.2) is 0 Å². The molecule has 0 N–H and O–H groups in total. The van der Waals surface area contributed by atoms with Crippen molar-refractivity contribution >= 4 is 11.6 Å². The van der Waals surface area contributed by atoms with Crippen molar-refractivity contribution in [1.29, 1.82) is 0 Å². The molecule has 3 rings (SSSR count). The predicted octanol–water partition coefficient (Wildman–Crippen LogP) is 3.51. The largest absolute Gasteiger partial charge is 0.497 e. The van der Waals surface area contributed by atoms with Gasteiger partial charge in [-0.15, -0.1) is 0 Å². The molecule has 1 aromatic rings. The molecule has 0 bridgehead atoms. The molecule has 2 saturated heterocycles. The first-order valence-corrected chi connectivity index (χ1v) is 8.90. The van der Waals surface area contributed by atoms with E-state index in [-0.39, 0.29) is 0 Å². The number of hydrogen-bond acceptors (Lipinski definition) is 4. The lowest BCUT2D eigenvalue weighted by Gasteiger charge is -2.35. The maximum atomic E-state index is 6.31. The molecule has 2 fully saturated rings. The second-order valence-electron chi connectivity index (χ2n) is 6.38. The minimum atomic E-state index is 0.396. The van der Waals surface area contributed by atoms with Crippen LogP contribution < -0.4 is 4.74 Å². The van der Waals surface area contributed by atoms with Gasteiger partial charge in [0.05, 0.1) is 19.3 Å². The van der Waals surface area contributed by atoms with Crippen LogP contribution in [0.15, 0.2) is 18.2 Å². The number of piperidine rings is 1. The Labute approximate surface area is 143 Å². The third-order valence-corrected chi connectivity index (χ3v) is 5.10. The first-order valence-electron chi connectivity index (χ1n) is 8.52. The maximum absolute atomic E-state index is 6.31. The van der Waals surface area contributed by atoms with E-state index in [1.807, 2.05) is 18.2 Å². The summed E-state index contributed by atoms with van der Waals surface area (Å²) in [5.41, 5.74) is 1.13. The highest BCUT2D eigenvalue weighted by Crippen LogP contribution is 2.26. The molecule has 0 saturated carbocycles. The number of methoxy groups -OCH3 is 1. The minimum absolute atomic E-state index is 0.396. The first kappa shape index (κ1) is 17.0. The van der Waals surface area contributed by atoms with Gasteiger partial charge in [0.25, 0.3) is 0 Å². The molecule has 1 aromatic carbocycles. The highest BCUT2D eigenvalue weighted by Gasteiger charge is 2.24. The van der Waals surface area contributed by atoms with E-state index in [0.717, 1.165) is 74.9 Å². The SMILES string of the molecule is COc1ccc(Cl)c(CN2CCC(OC3CCOCC3)CC2)c1. The number of benzene rings is 1. The zero-order valence-electron chi connectivity index (χ0n) is 13.8. The Morgan fingerprint density at radius 3 is 2.52 bits per heavy atom. The van der Waals surface area contributed by atoms with Crippen LogP contribution in [-0.4, -0.2) is 50.5 Å². The van der Waals surface area contributed by atoms with Crippen LogP contribution in [0.3, 0.4) is 0 Å². The Morgan fingerprint density at radius 2 is 1.83 bits per heavy atom. The molecule has 0 spiro atoms. The normalized spacial score (nSPS) is 21.5. The van der Waals surface area contributed by atoms with E-state index >= 15 is 0 Å². The maximum Gasteiger partial charge on any atom is 0.119 e. The second kappa shape index (κ2) is 8.34. The highest BCUT2D eigenvalue weighted by molar-refractivity contribution is 6.31. The predicted molar refractivity (Wildman–Crippen MR) is 91.2 cm³/mol. The van der Waals surface area contributed by atoms with Gasteiger partial charge >= 0.3 is 0 Å². The number of rotatable bonds is 5. The summed E-state index contributed by atoms with van der Waals surface area (Å²) in [7, 11) is 1.69. The van der Waals surface area contributed by atoms with Crippen molar-refractivity contribution in [2.45, 2.75) is 44.4 Å². The fourth-order valence-electron chi connectivity index (χ4n) is 3.33. The Bertz CT molecular complexity index is 497. The van der Waals surface area contributed by atoms with Crippen molar-refractivity contribution in [3.05, 3.63) is 28.8 Å². The molecule has 0 amide bonds. The Balaban J connectivity index is 1.47. The molecule has 0 atom stereocenters. The summed E-state index contributed by atoms with van der Waals surface area (Å²) >= 11 is 6.31. The van der Waals surface area contributed by atoms with Crippen LogP contribution in [0.25, 0.3) is 0 Å². The molecule has 0 unspecified atom stereocenters. The summed E-state index contributed by atoms with van der Waals surface area (Å²) < 4.78 is 16.9. The topological polar surface area (TPSA) is 30.9 Å². The minimum Gasteiger partial charge on any atom is -0.497 e. The van der Waals surface area contributed by atoms with Gasteiger partial charge in [0.1, 0.15) is 5.75 Å². The quantitative estimate of drug-likeness (QED) is 0.821. The number of likely N-dealkylation sites (tertiary alicyclic amines) is 1. The van der Waals surface area contributed by atoms with Crippen LogP contribution in [-0.2, 0) is 16.0 Å². The van der Waals surface area contributed by atoms with Crippen molar-refractivity contribution < 1.29 is 14.2 Å². The Morgan fingerprint density at radius 1 is 1.13 bits per heavy atom. The molecule has 0 aliphatic carbocycles. The van der Waals surface area contributed by atoms with Gasteiger partial charge in [-0.1, -0.05) is 11.6 Å². The number of hydrogen-bond donors (Lipinski definition) is 0. The fraction of sp³-hybridized carbons (Fsp3) is 0.667. The van der Waals surface area contributed by atoms with Crippen LogP contribution in [0.4, 0.5) is 0 Å².